The van der Waals surface area contributed by atoms with E-state index in [0.29, 0.717) is 12.0 Å². The summed E-state index contributed by atoms with van der Waals surface area (Å²) in [4.78, 5) is 23.5. The zero-order valence-corrected chi connectivity index (χ0v) is 13.5. The molecule has 0 aliphatic rings. The van der Waals surface area contributed by atoms with Gasteiger partial charge in [-0.25, -0.2) is 0 Å². The number of carbonyl (C=O) groups excluding carboxylic acids is 1. The van der Waals surface area contributed by atoms with Crippen LogP contribution in [-0.2, 0) is 4.79 Å². The lowest BCUT2D eigenvalue weighted by Gasteiger charge is -2.23. The quantitative estimate of drug-likeness (QED) is 0.875. The molecule has 0 aliphatic carbocycles. The Morgan fingerprint density at radius 2 is 1.86 bits per heavy atom. The highest BCUT2D eigenvalue weighted by atomic mass is 16.4. The average Bonchev–Trinajstić information content (AvgIpc) is 2.32. The van der Waals surface area contributed by atoms with Gasteiger partial charge >= 0.3 is 5.97 Å². The minimum atomic E-state index is -0.870. The van der Waals surface area contributed by atoms with E-state index in [0.717, 1.165) is 11.1 Å². The van der Waals surface area contributed by atoms with Crippen LogP contribution in [0.2, 0.25) is 0 Å². The number of hydrogen-bond acceptors (Lipinski definition) is 2. The van der Waals surface area contributed by atoms with E-state index in [1.807, 2.05) is 46.8 Å². The van der Waals surface area contributed by atoms with Crippen molar-refractivity contribution in [3.05, 3.63) is 34.9 Å². The summed E-state index contributed by atoms with van der Waals surface area (Å²) in [6.07, 6.45) is 0.523. The SMILES string of the molecule is Cc1ccc(C(=O)NCC(CC(C)(C)C)C(=O)O)c(C)c1. The molecule has 0 saturated heterocycles. The Hall–Kier alpha value is -1.84. The second-order valence-corrected chi connectivity index (χ2v) is 6.83. The predicted molar refractivity (Wildman–Crippen MR) is 83.4 cm³/mol. The van der Waals surface area contributed by atoms with Crippen LogP contribution in [0.15, 0.2) is 18.2 Å². The van der Waals surface area contributed by atoms with E-state index in [9.17, 15) is 14.7 Å². The van der Waals surface area contributed by atoms with Gasteiger partial charge in [0.2, 0.25) is 0 Å². The molecule has 2 N–H and O–H groups in total. The number of carboxylic acids is 1. The molecule has 1 aromatic rings. The Bertz CT molecular complexity index is 529. The molecule has 1 unspecified atom stereocenters. The molecule has 0 aliphatic heterocycles. The fourth-order valence-corrected chi connectivity index (χ4v) is 2.37. The number of aliphatic carboxylic acids is 1. The number of benzene rings is 1. The summed E-state index contributed by atoms with van der Waals surface area (Å²) in [7, 11) is 0. The van der Waals surface area contributed by atoms with Crippen molar-refractivity contribution in [1.29, 1.82) is 0 Å². The molecule has 1 amide bonds. The van der Waals surface area contributed by atoms with Gasteiger partial charge in [0.25, 0.3) is 5.91 Å². The summed E-state index contributed by atoms with van der Waals surface area (Å²) in [5, 5.41) is 12.0. The first-order valence-electron chi connectivity index (χ1n) is 7.18. The molecule has 0 heterocycles. The number of hydrogen-bond donors (Lipinski definition) is 2. The van der Waals surface area contributed by atoms with Crippen LogP contribution in [0.25, 0.3) is 0 Å². The van der Waals surface area contributed by atoms with E-state index in [2.05, 4.69) is 5.32 Å². The summed E-state index contributed by atoms with van der Waals surface area (Å²) >= 11 is 0. The normalized spacial score (nSPS) is 12.8. The first-order chi connectivity index (χ1) is 9.60. The highest BCUT2D eigenvalue weighted by molar-refractivity contribution is 5.95. The van der Waals surface area contributed by atoms with E-state index in [-0.39, 0.29) is 17.9 Å². The van der Waals surface area contributed by atoms with Gasteiger partial charge in [0.05, 0.1) is 5.92 Å². The number of rotatable bonds is 5. The number of nitrogens with one attached hydrogen (secondary N) is 1. The molecule has 0 fully saturated rings. The van der Waals surface area contributed by atoms with Crippen LogP contribution in [0.3, 0.4) is 0 Å². The van der Waals surface area contributed by atoms with Gasteiger partial charge in [-0.2, -0.15) is 0 Å². The smallest absolute Gasteiger partial charge is 0.308 e. The summed E-state index contributed by atoms with van der Waals surface area (Å²) in [5.74, 6) is -1.65. The summed E-state index contributed by atoms with van der Waals surface area (Å²) < 4.78 is 0. The van der Waals surface area contributed by atoms with Crippen LogP contribution in [-0.4, -0.2) is 23.5 Å². The van der Waals surface area contributed by atoms with Crippen molar-refractivity contribution in [1.82, 2.24) is 5.32 Å². The number of carbonyl (C=O) groups is 2. The van der Waals surface area contributed by atoms with Crippen molar-refractivity contribution in [2.75, 3.05) is 6.54 Å². The summed E-state index contributed by atoms with van der Waals surface area (Å²) in [6, 6.07) is 5.60. The lowest BCUT2D eigenvalue weighted by atomic mass is 9.84. The van der Waals surface area contributed by atoms with Crippen molar-refractivity contribution >= 4 is 11.9 Å². The van der Waals surface area contributed by atoms with E-state index in [1.165, 1.54) is 0 Å². The van der Waals surface area contributed by atoms with Crippen LogP contribution < -0.4 is 5.32 Å². The molecule has 0 aromatic heterocycles. The molecule has 1 atom stereocenters. The highest BCUT2D eigenvalue weighted by Crippen LogP contribution is 2.24. The maximum atomic E-state index is 12.2. The third kappa shape index (κ3) is 5.58. The maximum Gasteiger partial charge on any atom is 0.308 e. The first-order valence-corrected chi connectivity index (χ1v) is 7.18. The zero-order chi connectivity index (χ0) is 16.2. The molecule has 21 heavy (non-hydrogen) atoms. The van der Waals surface area contributed by atoms with E-state index in [1.54, 1.807) is 6.07 Å². The van der Waals surface area contributed by atoms with Crippen molar-refractivity contribution in [2.45, 2.75) is 41.0 Å². The summed E-state index contributed by atoms with van der Waals surface area (Å²) in [6.45, 7) is 9.99. The molecule has 4 heteroatoms. The third-order valence-electron chi connectivity index (χ3n) is 3.34. The monoisotopic (exact) mass is 291 g/mol. The van der Waals surface area contributed by atoms with Crippen LogP contribution in [0.4, 0.5) is 0 Å². The molecular weight excluding hydrogens is 266 g/mol. The molecule has 1 aromatic carbocycles. The van der Waals surface area contributed by atoms with Gasteiger partial charge in [0.1, 0.15) is 0 Å². The first kappa shape index (κ1) is 17.2. The minimum Gasteiger partial charge on any atom is -0.481 e. The lowest BCUT2D eigenvalue weighted by molar-refractivity contribution is -0.142. The van der Waals surface area contributed by atoms with Crippen LogP contribution >= 0.6 is 0 Å². The molecule has 116 valence electrons. The molecular formula is C17H25NO3. The van der Waals surface area contributed by atoms with Crippen molar-refractivity contribution in [3.63, 3.8) is 0 Å². The maximum absolute atomic E-state index is 12.2. The van der Waals surface area contributed by atoms with Crippen molar-refractivity contribution in [2.24, 2.45) is 11.3 Å². The second-order valence-electron chi connectivity index (χ2n) is 6.83. The molecule has 0 spiro atoms. The van der Waals surface area contributed by atoms with Crippen LogP contribution in [0.5, 0.6) is 0 Å². The van der Waals surface area contributed by atoms with Gasteiger partial charge in [-0.15, -0.1) is 0 Å². The Labute approximate surface area is 126 Å². The Morgan fingerprint density at radius 1 is 1.24 bits per heavy atom. The molecule has 1 rings (SSSR count). The Kier molecular flexibility index (Phi) is 5.53. The minimum absolute atomic E-state index is 0.0897. The van der Waals surface area contributed by atoms with Gasteiger partial charge in [0, 0.05) is 12.1 Å². The Balaban J connectivity index is 2.71. The van der Waals surface area contributed by atoms with Crippen LogP contribution in [0, 0.1) is 25.2 Å². The largest absolute Gasteiger partial charge is 0.481 e. The number of aryl methyl sites for hydroxylation is 2. The van der Waals surface area contributed by atoms with Gasteiger partial charge in [0.15, 0.2) is 0 Å². The fraction of sp³-hybridized carbons (Fsp3) is 0.529. The van der Waals surface area contributed by atoms with Crippen molar-refractivity contribution in [3.8, 4) is 0 Å². The van der Waals surface area contributed by atoms with Gasteiger partial charge in [-0.3, -0.25) is 9.59 Å². The third-order valence-corrected chi connectivity index (χ3v) is 3.34. The highest BCUT2D eigenvalue weighted by Gasteiger charge is 2.25. The standard InChI is InChI=1S/C17H25NO3/c1-11-6-7-14(12(2)8-11)15(19)18-10-13(16(20)21)9-17(3,4)5/h6-8,13H,9-10H2,1-5H3,(H,18,19)(H,20,21). The predicted octanol–water partition coefficient (Wildman–Crippen LogP) is 3.17. The van der Waals surface area contributed by atoms with E-state index >= 15 is 0 Å². The van der Waals surface area contributed by atoms with Gasteiger partial charge < -0.3 is 10.4 Å². The number of carboxylic acid groups (broad SMARTS) is 1. The molecule has 0 saturated carbocycles. The lowest BCUT2D eigenvalue weighted by Crippen LogP contribution is -2.35. The topological polar surface area (TPSA) is 66.4 Å². The molecule has 0 bridgehead atoms. The second kappa shape index (κ2) is 6.74. The van der Waals surface area contributed by atoms with Gasteiger partial charge in [-0.05, 0) is 37.3 Å². The summed E-state index contributed by atoms with van der Waals surface area (Å²) in [5.41, 5.74) is 2.50. The molecule has 0 radical (unpaired) electrons. The number of amides is 1. The van der Waals surface area contributed by atoms with Gasteiger partial charge in [-0.1, -0.05) is 38.5 Å². The molecule has 4 nitrogen and oxygen atoms in total. The van der Waals surface area contributed by atoms with Crippen LogP contribution in [0.1, 0.15) is 48.7 Å². The van der Waals surface area contributed by atoms with E-state index in [4.69, 9.17) is 0 Å². The zero-order valence-electron chi connectivity index (χ0n) is 13.5. The fourth-order valence-electron chi connectivity index (χ4n) is 2.37. The average molecular weight is 291 g/mol. The Morgan fingerprint density at radius 3 is 2.33 bits per heavy atom. The van der Waals surface area contributed by atoms with E-state index < -0.39 is 11.9 Å². The van der Waals surface area contributed by atoms with Crippen molar-refractivity contribution < 1.29 is 14.7 Å².